The summed E-state index contributed by atoms with van der Waals surface area (Å²) in [6.45, 7) is 2.09. The van der Waals surface area contributed by atoms with Crippen LogP contribution in [0, 0.1) is 12.8 Å². The molecule has 0 bridgehead atoms. The number of hydrogen-bond acceptors (Lipinski definition) is 1. The molecule has 1 heterocycles. The van der Waals surface area contributed by atoms with Gasteiger partial charge in [0, 0.05) is 23.0 Å². The molecule has 1 atom stereocenters. The van der Waals surface area contributed by atoms with Gasteiger partial charge in [-0.1, -0.05) is 11.6 Å². The number of fused-ring (bicyclic) bond motifs is 3. The highest BCUT2D eigenvalue weighted by atomic mass is 16.4. The fraction of sp³-hybridized carbons (Fsp3) is 0.357. The molecule has 0 amide bonds. The number of carboxylic acids is 1. The maximum Gasteiger partial charge on any atom is 0.306 e. The Morgan fingerprint density at radius 1 is 1.47 bits per heavy atom. The Bertz CT molecular complexity index is 598. The van der Waals surface area contributed by atoms with Crippen LogP contribution < -0.4 is 0 Å². The monoisotopic (exact) mass is 229 g/mol. The van der Waals surface area contributed by atoms with E-state index in [-0.39, 0.29) is 5.92 Å². The summed E-state index contributed by atoms with van der Waals surface area (Å²) in [6.07, 6.45) is 2.26. The Morgan fingerprint density at radius 3 is 3.06 bits per heavy atom. The van der Waals surface area contributed by atoms with E-state index in [4.69, 9.17) is 5.11 Å². The number of hydrogen-bond donors (Lipinski definition) is 2. The van der Waals surface area contributed by atoms with Crippen molar-refractivity contribution in [2.45, 2.75) is 26.2 Å². The van der Waals surface area contributed by atoms with Crippen molar-refractivity contribution in [3.8, 4) is 0 Å². The number of aromatic nitrogens is 1. The van der Waals surface area contributed by atoms with Crippen molar-refractivity contribution in [1.82, 2.24) is 4.98 Å². The second-order valence-electron chi connectivity index (χ2n) is 4.91. The molecule has 1 aromatic carbocycles. The van der Waals surface area contributed by atoms with Gasteiger partial charge >= 0.3 is 5.97 Å². The van der Waals surface area contributed by atoms with E-state index >= 15 is 0 Å². The molecule has 0 radical (unpaired) electrons. The van der Waals surface area contributed by atoms with Crippen LogP contribution in [-0.2, 0) is 17.6 Å². The molecular weight excluding hydrogens is 214 g/mol. The van der Waals surface area contributed by atoms with Crippen molar-refractivity contribution in [3.63, 3.8) is 0 Å². The fourth-order valence-corrected chi connectivity index (χ4v) is 2.75. The van der Waals surface area contributed by atoms with Gasteiger partial charge in [0.1, 0.15) is 0 Å². The number of aromatic amines is 1. The highest BCUT2D eigenvalue weighted by Crippen LogP contribution is 2.32. The van der Waals surface area contributed by atoms with E-state index in [1.54, 1.807) is 0 Å². The van der Waals surface area contributed by atoms with Gasteiger partial charge in [-0.3, -0.25) is 4.79 Å². The number of aryl methyl sites for hydroxylation is 2. The quantitative estimate of drug-likeness (QED) is 0.789. The van der Waals surface area contributed by atoms with E-state index in [2.05, 4.69) is 30.1 Å². The predicted octanol–water partition coefficient (Wildman–Crippen LogP) is 2.67. The number of carboxylic acid groups (broad SMARTS) is 1. The summed E-state index contributed by atoms with van der Waals surface area (Å²) in [5, 5.41) is 10.3. The first-order valence-electron chi connectivity index (χ1n) is 5.98. The highest BCUT2D eigenvalue weighted by molar-refractivity contribution is 5.86. The first-order chi connectivity index (χ1) is 8.15. The number of rotatable bonds is 1. The minimum Gasteiger partial charge on any atom is -0.481 e. The summed E-state index contributed by atoms with van der Waals surface area (Å²) in [5.41, 5.74) is 4.82. The van der Waals surface area contributed by atoms with Gasteiger partial charge in [-0.2, -0.15) is 0 Å². The van der Waals surface area contributed by atoms with Crippen LogP contribution in [0.2, 0.25) is 0 Å². The van der Waals surface area contributed by atoms with Crippen molar-refractivity contribution < 1.29 is 9.90 Å². The van der Waals surface area contributed by atoms with Gasteiger partial charge < -0.3 is 10.1 Å². The molecule has 0 aliphatic heterocycles. The zero-order chi connectivity index (χ0) is 12.0. The summed E-state index contributed by atoms with van der Waals surface area (Å²) in [7, 11) is 0. The highest BCUT2D eigenvalue weighted by Gasteiger charge is 2.26. The molecule has 2 aromatic rings. The molecule has 3 heteroatoms. The summed E-state index contributed by atoms with van der Waals surface area (Å²) in [5.74, 6) is -0.901. The van der Waals surface area contributed by atoms with Crippen LogP contribution in [0.3, 0.4) is 0 Å². The van der Waals surface area contributed by atoms with Crippen molar-refractivity contribution in [3.05, 3.63) is 35.0 Å². The van der Waals surface area contributed by atoms with Gasteiger partial charge in [-0.05, 0) is 37.5 Å². The lowest BCUT2D eigenvalue weighted by atomic mass is 9.87. The van der Waals surface area contributed by atoms with E-state index in [9.17, 15) is 4.79 Å². The molecule has 3 rings (SSSR count). The first-order valence-corrected chi connectivity index (χ1v) is 5.98. The van der Waals surface area contributed by atoms with Gasteiger partial charge in [-0.15, -0.1) is 0 Å². The lowest BCUT2D eigenvalue weighted by Crippen LogP contribution is -2.21. The maximum absolute atomic E-state index is 11.0. The van der Waals surface area contributed by atoms with E-state index in [1.165, 1.54) is 16.5 Å². The first kappa shape index (κ1) is 10.4. The molecule has 2 N–H and O–H groups in total. The lowest BCUT2D eigenvalue weighted by Gasteiger charge is -2.18. The Morgan fingerprint density at radius 2 is 2.29 bits per heavy atom. The van der Waals surface area contributed by atoms with Gasteiger partial charge in [0.25, 0.3) is 0 Å². The van der Waals surface area contributed by atoms with E-state index in [1.807, 2.05) is 0 Å². The normalized spacial score (nSPS) is 19.2. The van der Waals surface area contributed by atoms with Crippen LogP contribution in [0.5, 0.6) is 0 Å². The summed E-state index contributed by atoms with van der Waals surface area (Å²) in [4.78, 5) is 14.4. The SMILES string of the molecule is Cc1ccc2[nH]c3c(c2c1)CCC(C(=O)O)C3. The average Bonchev–Trinajstić information content (AvgIpc) is 2.66. The predicted molar refractivity (Wildman–Crippen MR) is 66.2 cm³/mol. The Labute approximate surface area is 99.5 Å². The van der Waals surface area contributed by atoms with Gasteiger partial charge in [0.15, 0.2) is 0 Å². The van der Waals surface area contributed by atoms with E-state index in [0.717, 1.165) is 24.1 Å². The second-order valence-corrected chi connectivity index (χ2v) is 4.91. The Kier molecular flexibility index (Phi) is 2.21. The minimum absolute atomic E-state index is 0.225. The molecule has 0 spiro atoms. The van der Waals surface area contributed by atoms with Crippen LogP contribution >= 0.6 is 0 Å². The molecule has 1 unspecified atom stereocenters. The third-order valence-corrected chi connectivity index (χ3v) is 3.69. The lowest BCUT2D eigenvalue weighted by molar-refractivity contribution is -0.142. The molecule has 3 nitrogen and oxygen atoms in total. The minimum atomic E-state index is -0.675. The third kappa shape index (κ3) is 1.62. The number of carbonyl (C=O) groups is 1. The van der Waals surface area contributed by atoms with Crippen LogP contribution in [0.1, 0.15) is 23.2 Å². The van der Waals surface area contributed by atoms with Crippen LogP contribution in [-0.4, -0.2) is 16.1 Å². The molecule has 1 aliphatic rings. The molecule has 1 aromatic heterocycles. The van der Waals surface area contributed by atoms with Crippen LogP contribution in [0.4, 0.5) is 0 Å². The second kappa shape index (κ2) is 3.62. The topological polar surface area (TPSA) is 53.1 Å². The summed E-state index contributed by atoms with van der Waals surface area (Å²) in [6, 6.07) is 6.35. The van der Waals surface area contributed by atoms with Crippen molar-refractivity contribution in [2.24, 2.45) is 5.92 Å². The summed E-state index contributed by atoms with van der Waals surface area (Å²) < 4.78 is 0. The molecule has 17 heavy (non-hydrogen) atoms. The van der Waals surface area contributed by atoms with Gasteiger partial charge in [-0.25, -0.2) is 0 Å². The smallest absolute Gasteiger partial charge is 0.306 e. The van der Waals surface area contributed by atoms with Gasteiger partial charge in [0.2, 0.25) is 0 Å². The number of benzene rings is 1. The molecule has 0 fully saturated rings. The van der Waals surface area contributed by atoms with Crippen molar-refractivity contribution >= 4 is 16.9 Å². The maximum atomic E-state index is 11.0. The third-order valence-electron chi connectivity index (χ3n) is 3.69. The zero-order valence-corrected chi connectivity index (χ0v) is 9.79. The molecular formula is C14H15NO2. The standard InChI is InChI=1S/C14H15NO2/c1-8-2-5-12-11(6-8)10-4-3-9(14(16)17)7-13(10)15-12/h2,5-6,9,15H,3-4,7H2,1H3,(H,16,17). The molecule has 1 aliphatic carbocycles. The average molecular weight is 229 g/mol. The van der Waals surface area contributed by atoms with Crippen LogP contribution in [0.15, 0.2) is 18.2 Å². The molecule has 0 saturated heterocycles. The van der Waals surface area contributed by atoms with Crippen molar-refractivity contribution in [1.29, 1.82) is 0 Å². The van der Waals surface area contributed by atoms with Crippen molar-refractivity contribution in [2.75, 3.05) is 0 Å². The number of nitrogens with one attached hydrogen (secondary N) is 1. The Balaban J connectivity index is 2.10. The van der Waals surface area contributed by atoms with E-state index < -0.39 is 5.97 Å². The summed E-state index contributed by atoms with van der Waals surface area (Å²) >= 11 is 0. The van der Waals surface area contributed by atoms with Crippen LogP contribution in [0.25, 0.3) is 10.9 Å². The van der Waals surface area contributed by atoms with Gasteiger partial charge in [0.05, 0.1) is 5.92 Å². The molecule has 88 valence electrons. The molecule has 0 saturated carbocycles. The zero-order valence-electron chi connectivity index (χ0n) is 9.79. The largest absolute Gasteiger partial charge is 0.481 e. The number of H-pyrrole nitrogens is 1. The number of aliphatic carboxylic acids is 1. The Hall–Kier alpha value is -1.77. The van der Waals surface area contributed by atoms with E-state index in [0.29, 0.717) is 6.42 Å². The fourth-order valence-electron chi connectivity index (χ4n) is 2.75.